The molecule has 6 heterocycles. The van der Waals surface area contributed by atoms with Gasteiger partial charge >= 0.3 is 12.2 Å². The lowest BCUT2D eigenvalue weighted by Crippen LogP contribution is -2.51. The van der Waals surface area contributed by atoms with Crippen molar-refractivity contribution >= 4 is 50.8 Å². The van der Waals surface area contributed by atoms with Gasteiger partial charge in [-0.05, 0) is 46.9 Å². The Morgan fingerprint density at radius 3 is 1.24 bits per heavy atom. The number of nitrogens with one attached hydrogen (secondary N) is 4. The molecule has 4 aromatic heterocycles. The molecule has 0 radical (unpaired) electrons. The molecule has 2 fully saturated rings. The van der Waals surface area contributed by atoms with Crippen molar-refractivity contribution in [1.29, 1.82) is 0 Å². The molecule has 6 aromatic rings. The summed E-state index contributed by atoms with van der Waals surface area (Å²) in [6.45, 7) is 21.7. The number of hydrogen-bond donors (Lipinski definition) is 4. The highest BCUT2D eigenvalue weighted by Gasteiger charge is 2.44. The third kappa shape index (κ3) is 10.9. The number of likely N-dealkylation sites (tertiary alicyclic amines) is 2. The number of H-pyrrole nitrogens is 2. The first kappa shape index (κ1) is 51.4. The maximum atomic E-state index is 14.3. The van der Waals surface area contributed by atoms with Gasteiger partial charge in [0.25, 0.3) is 0 Å². The van der Waals surface area contributed by atoms with Crippen LogP contribution in [-0.4, -0.2) is 139 Å². The molecule has 0 bridgehead atoms. The van der Waals surface area contributed by atoms with Crippen LogP contribution in [0.2, 0.25) is 39.3 Å². The van der Waals surface area contributed by atoms with Gasteiger partial charge in [-0.25, -0.2) is 28.9 Å². The zero-order valence-electron chi connectivity index (χ0n) is 43.3. The van der Waals surface area contributed by atoms with Crippen LogP contribution in [-0.2, 0) is 19.1 Å². The first-order chi connectivity index (χ1) is 34.1. The standard InChI is InChI=1S/C50H68N14O6Si2/c1-29(2)43(55-49(67)69-5)47(65)61-25-35(63-27-41(57-59-63)71(7,8)9)21-39(61)45-51-23-37(53-45)33-17-13-31(14-18-33)32-15-19-34(20-16-32)38-24-52-46(54-38)40-22-36(64-28-42(58-60-64)72(10,11)12)26-62(40)48(66)44(30(3)4)56-50(68)70-6/h13-20,23-24,27-30,35-36,39-40,43-44H,21-22,25-26H2,1-12H3,(H,51,53)(H,52,54)(H,55,67)(H,56,68)/t35-,36-,39+,40+,43+,44?/m1/s1. The summed E-state index contributed by atoms with van der Waals surface area (Å²) in [5.41, 5.74) is 5.50. The molecular weight excluding hydrogens is 949 g/mol. The van der Waals surface area contributed by atoms with Gasteiger partial charge in [0.1, 0.15) is 39.9 Å². The molecule has 382 valence electrons. The second-order valence-electron chi connectivity index (χ2n) is 21.7. The molecule has 0 aliphatic carbocycles. The zero-order valence-corrected chi connectivity index (χ0v) is 45.3. The molecule has 0 spiro atoms. The van der Waals surface area contributed by atoms with E-state index in [4.69, 9.17) is 19.4 Å². The van der Waals surface area contributed by atoms with Crippen LogP contribution < -0.4 is 21.3 Å². The number of imidazole rings is 2. The van der Waals surface area contributed by atoms with Gasteiger partial charge in [-0.1, -0.05) is 126 Å². The van der Waals surface area contributed by atoms with Crippen molar-refractivity contribution in [3.8, 4) is 33.6 Å². The fraction of sp³-hybridized carbons (Fsp3) is 0.480. The van der Waals surface area contributed by atoms with Crippen molar-refractivity contribution in [2.24, 2.45) is 11.8 Å². The second kappa shape index (κ2) is 20.6. The number of aromatic amines is 2. The molecule has 2 aliphatic heterocycles. The normalized spacial score (nSPS) is 19.2. The quantitative estimate of drug-likeness (QED) is 0.0843. The topological polar surface area (TPSA) is 236 Å². The minimum Gasteiger partial charge on any atom is -0.453 e. The number of carbonyl (C=O) groups is 4. The number of aromatic nitrogens is 10. The van der Waals surface area contributed by atoms with E-state index in [-0.39, 0.29) is 35.7 Å². The monoisotopic (exact) mass is 1020 g/mol. The summed E-state index contributed by atoms with van der Waals surface area (Å²) in [6.07, 6.45) is 7.39. The summed E-state index contributed by atoms with van der Waals surface area (Å²) in [6, 6.07) is 13.7. The van der Waals surface area contributed by atoms with Gasteiger partial charge in [0.2, 0.25) is 11.8 Å². The molecule has 2 aromatic carbocycles. The molecule has 0 saturated carbocycles. The second-order valence-corrected chi connectivity index (χ2v) is 31.7. The van der Waals surface area contributed by atoms with Crippen molar-refractivity contribution in [2.75, 3.05) is 27.3 Å². The van der Waals surface area contributed by atoms with Crippen LogP contribution in [0.4, 0.5) is 9.59 Å². The Hall–Kier alpha value is -6.95. The Morgan fingerprint density at radius 2 is 0.931 bits per heavy atom. The number of amides is 4. The van der Waals surface area contributed by atoms with Crippen molar-refractivity contribution in [2.45, 2.75) is 116 Å². The lowest BCUT2D eigenvalue weighted by molar-refractivity contribution is -0.136. The van der Waals surface area contributed by atoms with E-state index in [1.165, 1.54) is 14.2 Å². The average molecular weight is 1020 g/mol. The molecule has 8 rings (SSSR count). The zero-order chi connectivity index (χ0) is 51.8. The molecule has 1 unspecified atom stereocenters. The molecule has 2 aliphatic rings. The van der Waals surface area contributed by atoms with E-state index < -0.39 is 52.5 Å². The number of rotatable bonds is 15. The summed E-state index contributed by atoms with van der Waals surface area (Å²) in [4.78, 5) is 73.6. The molecule has 4 amide bonds. The van der Waals surface area contributed by atoms with Gasteiger partial charge in [0.05, 0.1) is 72.8 Å². The number of alkyl carbamates (subject to hydrolysis) is 2. The minimum absolute atomic E-state index is 0.145. The first-order valence-electron chi connectivity index (χ1n) is 24.6. The Kier molecular flexibility index (Phi) is 14.7. The van der Waals surface area contributed by atoms with E-state index >= 15 is 0 Å². The third-order valence-corrected chi connectivity index (χ3v) is 17.3. The Morgan fingerprint density at radius 1 is 0.583 bits per heavy atom. The highest BCUT2D eigenvalue weighted by atomic mass is 28.3. The maximum absolute atomic E-state index is 14.3. The van der Waals surface area contributed by atoms with Crippen LogP contribution in [0, 0.1) is 11.8 Å². The van der Waals surface area contributed by atoms with Gasteiger partial charge in [-0.3, -0.25) is 9.59 Å². The average Bonchev–Trinajstić information content (AvgIpc) is 4.21. The molecule has 22 heteroatoms. The van der Waals surface area contributed by atoms with Crippen molar-refractivity contribution in [1.82, 2.24) is 70.4 Å². The summed E-state index contributed by atoms with van der Waals surface area (Å²) in [5.74, 6) is 0.452. The fourth-order valence-corrected chi connectivity index (χ4v) is 11.1. The molecular formula is C50H68N14O6Si2. The highest BCUT2D eigenvalue weighted by molar-refractivity contribution is 6.88. The van der Waals surface area contributed by atoms with Crippen LogP contribution >= 0.6 is 0 Å². The predicted molar refractivity (Wildman–Crippen MR) is 278 cm³/mol. The van der Waals surface area contributed by atoms with Crippen molar-refractivity contribution in [3.05, 3.63) is 85.0 Å². The highest BCUT2D eigenvalue weighted by Crippen LogP contribution is 2.40. The van der Waals surface area contributed by atoms with Crippen molar-refractivity contribution < 1.29 is 28.7 Å². The predicted octanol–water partition coefficient (Wildman–Crippen LogP) is 6.20. The van der Waals surface area contributed by atoms with Crippen LogP contribution in [0.15, 0.2) is 73.3 Å². The minimum atomic E-state index is -1.73. The van der Waals surface area contributed by atoms with E-state index in [9.17, 15) is 19.2 Å². The number of methoxy groups -OCH3 is 2. The smallest absolute Gasteiger partial charge is 0.407 e. The van der Waals surface area contributed by atoms with Crippen LogP contribution in [0.3, 0.4) is 0 Å². The van der Waals surface area contributed by atoms with E-state index in [1.54, 1.807) is 22.2 Å². The number of nitrogens with zero attached hydrogens (tertiary/aromatic N) is 10. The molecule has 72 heavy (non-hydrogen) atoms. The van der Waals surface area contributed by atoms with Gasteiger partial charge < -0.3 is 39.9 Å². The summed E-state index contributed by atoms with van der Waals surface area (Å²) >= 11 is 0. The van der Waals surface area contributed by atoms with E-state index in [0.29, 0.717) is 37.6 Å². The fourth-order valence-electron chi connectivity index (χ4n) is 9.36. The Bertz CT molecular complexity index is 2680. The number of hydrogen-bond acceptors (Lipinski definition) is 12. The number of ether oxygens (including phenoxy) is 2. The lowest BCUT2D eigenvalue weighted by atomic mass is 10.0. The largest absolute Gasteiger partial charge is 0.453 e. The first-order valence-corrected chi connectivity index (χ1v) is 31.6. The van der Waals surface area contributed by atoms with E-state index in [1.807, 2.05) is 73.7 Å². The van der Waals surface area contributed by atoms with Gasteiger partial charge in [0.15, 0.2) is 0 Å². The van der Waals surface area contributed by atoms with Gasteiger partial charge in [0, 0.05) is 25.5 Å². The Balaban J connectivity index is 0.991. The SMILES string of the molecule is COC(=O)NC(C(=O)N1C[C@H](n2cc([Si](C)(C)C)nn2)C[C@H]1c1ncc(-c2ccc(-c3ccc(-c4cnc([C@@H]5C[C@@H](n6cc([Si](C)(C)C)nn6)CN5C(=O)[C@@H](NC(=O)OC)C(C)C)[nH]4)cc3)cc2)[nH]1)C(C)C. The molecule has 4 N–H and O–H groups in total. The summed E-state index contributed by atoms with van der Waals surface area (Å²) < 4.78 is 13.5. The van der Waals surface area contributed by atoms with Crippen LogP contribution in [0.1, 0.15) is 76.4 Å². The number of benzene rings is 2. The van der Waals surface area contributed by atoms with Crippen molar-refractivity contribution in [3.63, 3.8) is 0 Å². The molecule has 2 saturated heterocycles. The summed E-state index contributed by atoms with van der Waals surface area (Å²) in [7, 11) is -0.889. The Labute approximate surface area is 422 Å². The number of carbonyl (C=O) groups excluding carboxylic acids is 4. The molecule has 6 atom stereocenters. The van der Waals surface area contributed by atoms with E-state index in [0.717, 1.165) is 44.3 Å². The van der Waals surface area contributed by atoms with E-state index in [2.05, 4.69) is 105 Å². The van der Waals surface area contributed by atoms with Crippen LogP contribution in [0.5, 0.6) is 0 Å². The lowest BCUT2D eigenvalue weighted by Gasteiger charge is -2.29. The van der Waals surface area contributed by atoms with Gasteiger partial charge in [-0.15, -0.1) is 10.2 Å². The van der Waals surface area contributed by atoms with Gasteiger partial charge in [-0.2, -0.15) is 0 Å². The molecule has 20 nitrogen and oxygen atoms in total. The van der Waals surface area contributed by atoms with Crippen LogP contribution in [0.25, 0.3) is 33.6 Å². The summed E-state index contributed by atoms with van der Waals surface area (Å²) in [5, 5.41) is 25.5. The maximum Gasteiger partial charge on any atom is 0.407 e. The third-order valence-electron chi connectivity index (χ3n) is 13.8.